The topological polar surface area (TPSA) is 3.24 Å². The molecule has 10 rings (SSSR count). The van der Waals surface area contributed by atoms with Gasteiger partial charge in [0.05, 0.1) is 0 Å². The highest BCUT2D eigenvalue weighted by molar-refractivity contribution is 5.94. The van der Waals surface area contributed by atoms with E-state index in [2.05, 4.69) is 128 Å². The van der Waals surface area contributed by atoms with E-state index in [0.717, 1.165) is 23.7 Å². The molecule has 0 N–H and O–H groups in total. The van der Waals surface area contributed by atoms with E-state index in [1.54, 1.807) is 5.56 Å². The average Bonchev–Trinajstić information content (AvgIpc) is 3.92. The molecule has 5 aliphatic carbocycles. The molecular weight excluding hydrogens is 639 g/mol. The van der Waals surface area contributed by atoms with Crippen LogP contribution in [0, 0.1) is 11.8 Å². The molecule has 5 aromatic carbocycles. The zero-order chi connectivity index (χ0) is 35.5. The van der Waals surface area contributed by atoms with Gasteiger partial charge in [0.25, 0.3) is 0 Å². The van der Waals surface area contributed by atoms with Gasteiger partial charge in [0.1, 0.15) is 0 Å². The summed E-state index contributed by atoms with van der Waals surface area (Å²) >= 11 is 0. The Bertz CT molecular complexity index is 2070. The maximum absolute atomic E-state index is 2.53. The molecule has 0 radical (unpaired) electrons. The number of anilines is 3. The van der Waals surface area contributed by atoms with E-state index < -0.39 is 0 Å². The molecule has 3 atom stereocenters. The van der Waals surface area contributed by atoms with Crippen LogP contribution in [0.3, 0.4) is 0 Å². The van der Waals surface area contributed by atoms with E-state index in [1.165, 1.54) is 151 Å². The van der Waals surface area contributed by atoms with Crippen molar-refractivity contribution in [1.29, 1.82) is 0 Å². The number of benzene rings is 5. The Morgan fingerprint density at radius 1 is 0.491 bits per heavy atom. The molecule has 3 unspecified atom stereocenters. The highest BCUT2D eigenvalue weighted by Gasteiger charge is 2.40. The maximum atomic E-state index is 2.53. The van der Waals surface area contributed by atoms with Gasteiger partial charge in [-0.25, -0.2) is 0 Å². The van der Waals surface area contributed by atoms with Crippen molar-refractivity contribution in [3.8, 4) is 22.3 Å². The highest BCUT2D eigenvalue weighted by atomic mass is 15.1. The van der Waals surface area contributed by atoms with Crippen LogP contribution in [-0.2, 0) is 5.41 Å². The Hall–Kier alpha value is -4.10. The molecule has 4 saturated carbocycles. The number of hydrogen-bond donors (Lipinski definition) is 0. The molecule has 0 amide bonds. The van der Waals surface area contributed by atoms with Crippen LogP contribution in [0.15, 0.2) is 109 Å². The fraction of sp³-hybridized carbons (Fsp3) is 0.423. The van der Waals surface area contributed by atoms with Gasteiger partial charge >= 0.3 is 0 Å². The average molecular weight is 696 g/mol. The van der Waals surface area contributed by atoms with Gasteiger partial charge in [0.2, 0.25) is 0 Å². The van der Waals surface area contributed by atoms with E-state index in [-0.39, 0.29) is 5.41 Å². The Balaban J connectivity index is 1.02. The predicted molar refractivity (Wildman–Crippen MR) is 224 cm³/mol. The van der Waals surface area contributed by atoms with Gasteiger partial charge in [-0.2, -0.15) is 0 Å². The third-order valence-corrected chi connectivity index (χ3v) is 14.8. The Labute approximate surface area is 318 Å². The van der Waals surface area contributed by atoms with E-state index >= 15 is 0 Å². The van der Waals surface area contributed by atoms with Gasteiger partial charge in [-0.05, 0) is 161 Å². The lowest BCUT2D eigenvalue weighted by atomic mass is 9.81. The second-order valence-corrected chi connectivity index (χ2v) is 18.2. The number of rotatable bonds is 7. The molecule has 53 heavy (non-hydrogen) atoms. The fourth-order valence-electron chi connectivity index (χ4n) is 11.8. The van der Waals surface area contributed by atoms with Crippen molar-refractivity contribution >= 4 is 17.1 Å². The van der Waals surface area contributed by atoms with Crippen LogP contribution < -0.4 is 4.90 Å². The van der Waals surface area contributed by atoms with Crippen molar-refractivity contribution in [2.24, 2.45) is 11.8 Å². The second-order valence-electron chi connectivity index (χ2n) is 18.2. The first-order chi connectivity index (χ1) is 26.0. The summed E-state index contributed by atoms with van der Waals surface area (Å²) in [6.07, 6.45) is 19.4. The van der Waals surface area contributed by atoms with Gasteiger partial charge in [-0.15, -0.1) is 0 Å². The molecule has 1 nitrogen and oxygen atoms in total. The fourth-order valence-corrected chi connectivity index (χ4v) is 11.8. The monoisotopic (exact) mass is 695 g/mol. The van der Waals surface area contributed by atoms with Crippen LogP contribution in [0.25, 0.3) is 22.3 Å². The summed E-state index contributed by atoms with van der Waals surface area (Å²) in [4.78, 5) is 2.53. The predicted octanol–water partition coefficient (Wildman–Crippen LogP) is 15.1. The summed E-state index contributed by atoms with van der Waals surface area (Å²) in [6.45, 7) is 4.87. The molecule has 0 heterocycles. The van der Waals surface area contributed by atoms with E-state index in [9.17, 15) is 0 Å². The van der Waals surface area contributed by atoms with Gasteiger partial charge < -0.3 is 4.90 Å². The molecule has 0 saturated heterocycles. The van der Waals surface area contributed by atoms with Crippen LogP contribution in [0.2, 0.25) is 0 Å². The number of hydrogen-bond acceptors (Lipinski definition) is 1. The Kier molecular flexibility index (Phi) is 8.61. The van der Waals surface area contributed by atoms with Gasteiger partial charge in [0.15, 0.2) is 0 Å². The summed E-state index contributed by atoms with van der Waals surface area (Å²) in [5, 5.41) is 0. The Morgan fingerprint density at radius 2 is 1.08 bits per heavy atom. The zero-order valence-corrected chi connectivity index (χ0v) is 32.1. The van der Waals surface area contributed by atoms with E-state index in [1.807, 2.05) is 0 Å². The molecule has 0 aliphatic heterocycles. The van der Waals surface area contributed by atoms with E-state index in [0.29, 0.717) is 5.92 Å². The first kappa shape index (κ1) is 33.5. The van der Waals surface area contributed by atoms with E-state index in [4.69, 9.17) is 0 Å². The smallest absolute Gasteiger partial charge is 0.0465 e. The summed E-state index contributed by atoms with van der Waals surface area (Å²) in [7, 11) is 0. The minimum Gasteiger partial charge on any atom is -0.310 e. The summed E-state index contributed by atoms with van der Waals surface area (Å²) < 4.78 is 0. The maximum Gasteiger partial charge on any atom is 0.0465 e. The first-order valence-electron chi connectivity index (χ1n) is 21.4. The third-order valence-electron chi connectivity index (χ3n) is 14.8. The van der Waals surface area contributed by atoms with Crippen LogP contribution in [0.4, 0.5) is 17.1 Å². The van der Waals surface area contributed by atoms with Crippen LogP contribution >= 0.6 is 0 Å². The lowest BCUT2D eigenvalue weighted by Gasteiger charge is -2.29. The molecule has 5 aliphatic rings. The molecular formula is C52H57N. The van der Waals surface area contributed by atoms with Gasteiger partial charge in [-0.3, -0.25) is 0 Å². The molecule has 270 valence electrons. The van der Waals surface area contributed by atoms with Crippen molar-refractivity contribution in [3.63, 3.8) is 0 Å². The van der Waals surface area contributed by atoms with Crippen LogP contribution in [0.5, 0.6) is 0 Å². The normalized spacial score (nSPS) is 23.5. The number of nitrogens with zero attached hydrogens (tertiary/aromatic N) is 1. The largest absolute Gasteiger partial charge is 0.310 e. The first-order valence-corrected chi connectivity index (χ1v) is 21.4. The SMILES string of the molecule is CC1(C)c2cc(N(c3ccc(C4CCCCC4)cc3)c3ccc(C4CC5CCC4C5)cc3)ccc2-c2c(-c3ccc(C4CCCCC4)cc3)cccc21. The number of fused-ring (bicyclic) bond motifs is 5. The highest BCUT2D eigenvalue weighted by Crippen LogP contribution is 2.55. The second kappa shape index (κ2) is 13.6. The van der Waals surface area contributed by atoms with Gasteiger partial charge in [0, 0.05) is 22.5 Å². The summed E-state index contributed by atoms with van der Waals surface area (Å²) in [5.41, 5.74) is 16.7. The zero-order valence-electron chi connectivity index (χ0n) is 32.1. The lowest BCUT2D eigenvalue weighted by Crippen LogP contribution is -2.16. The summed E-state index contributed by atoms with van der Waals surface area (Å²) in [5.74, 6) is 4.06. The summed E-state index contributed by atoms with van der Waals surface area (Å²) in [6, 6.07) is 43.4. The van der Waals surface area contributed by atoms with Crippen LogP contribution in [0.1, 0.15) is 149 Å². The van der Waals surface area contributed by atoms with Crippen molar-refractivity contribution in [2.75, 3.05) is 4.90 Å². The minimum absolute atomic E-state index is 0.0964. The van der Waals surface area contributed by atoms with Crippen molar-refractivity contribution in [3.05, 3.63) is 137 Å². The van der Waals surface area contributed by atoms with Crippen molar-refractivity contribution in [2.45, 2.75) is 127 Å². The molecule has 2 bridgehead atoms. The molecule has 0 aromatic heterocycles. The lowest BCUT2D eigenvalue weighted by molar-refractivity contribution is 0.420. The standard InChI is InChI=1S/C52H57N/c1-52(2)49-15-9-14-46(40-20-18-38(19-21-40)36-10-5-3-6-11-36)51(49)47-31-30-45(34-50(47)52)53(43-26-22-39(23-27-43)37-12-7-4-8-13-37)44-28-24-41(25-29-44)48-33-35-16-17-42(48)32-35/h9,14-15,18-31,34-37,42,48H,3-8,10-13,16-17,32-33H2,1-2H3. The Morgan fingerprint density at radius 3 is 1.66 bits per heavy atom. The molecule has 4 fully saturated rings. The molecule has 5 aromatic rings. The third kappa shape index (κ3) is 5.98. The molecule has 0 spiro atoms. The van der Waals surface area contributed by atoms with Gasteiger partial charge in [-0.1, -0.05) is 132 Å². The van der Waals surface area contributed by atoms with Crippen molar-refractivity contribution < 1.29 is 0 Å². The van der Waals surface area contributed by atoms with Crippen LogP contribution in [-0.4, -0.2) is 0 Å². The minimum atomic E-state index is -0.0964. The van der Waals surface area contributed by atoms with Crippen molar-refractivity contribution in [1.82, 2.24) is 0 Å². The quantitative estimate of drug-likeness (QED) is 0.164. The molecule has 1 heteroatoms.